The zero-order chi connectivity index (χ0) is 26.2. The van der Waals surface area contributed by atoms with E-state index in [9.17, 15) is 19.2 Å². The Hall–Kier alpha value is -3.10. The Balaban J connectivity index is 2.20. The number of likely N-dealkylation sites (tertiary alicyclic amines) is 1. The summed E-state index contributed by atoms with van der Waals surface area (Å²) in [5.74, 6) is -1.31. The minimum atomic E-state index is -0.940. The van der Waals surface area contributed by atoms with Crippen molar-refractivity contribution in [1.82, 2.24) is 15.5 Å². The second kappa shape index (κ2) is 12.6. The maximum Gasteiger partial charge on any atom is 0.410 e. The number of methoxy groups -OCH3 is 1. The standard InChI is InChI=1S/C26H39N3O6/c1-17(2)15-20(24(32)34-6)28-22(30)19(16-18-11-8-7-9-12-18)27-23(31)21-13-10-14-29(21)25(33)35-26(3,4)5/h7-9,11-12,17,19-21H,10,13-16H2,1-6H3,(H,27,31)(H,28,30)/t19-,20-,21-/m0/s1. The van der Waals surface area contributed by atoms with E-state index in [1.54, 1.807) is 20.8 Å². The fourth-order valence-corrected chi connectivity index (χ4v) is 4.01. The average Bonchev–Trinajstić information content (AvgIpc) is 3.27. The molecule has 1 saturated heterocycles. The van der Waals surface area contributed by atoms with Crippen molar-refractivity contribution in [3.8, 4) is 0 Å². The lowest BCUT2D eigenvalue weighted by Gasteiger charge is -2.29. The van der Waals surface area contributed by atoms with Gasteiger partial charge in [-0.05, 0) is 51.5 Å². The van der Waals surface area contributed by atoms with E-state index in [4.69, 9.17) is 9.47 Å². The van der Waals surface area contributed by atoms with Gasteiger partial charge in [0.2, 0.25) is 11.8 Å². The molecule has 1 aliphatic heterocycles. The number of hydrogen-bond acceptors (Lipinski definition) is 6. The lowest BCUT2D eigenvalue weighted by atomic mass is 10.0. The molecule has 2 rings (SSSR count). The van der Waals surface area contributed by atoms with E-state index < -0.39 is 47.6 Å². The molecule has 0 saturated carbocycles. The molecule has 0 radical (unpaired) electrons. The predicted octanol–water partition coefficient (Wildman–Crippen LogP) is 2.82. The summed E-state index contributed by atoms with van der Waals surface area (Å²) in [4.78, 5) is 52.8. The average molecular weight is 490 g/mol. The van der Waals surface area contributed by atoms with Crippen molar-refractivity contribution in [3.63, 3.8) is 0 Å². The number of carbonyl (C=O) groups is 4. The number of amides is 3. The number of benzene rings is 1. The molecule has 0 bridgehead atoms. The van der Waals surface area contributed by atoms with Crippen LogP contribution in [0.4, 0.5) is 4.79 Å². The number of esters is 1. The summed E-state index contributed by atoms with van der Waals surface area (Å²) in [6.07, 6.45) is 1.21. The van der Waals surface area contributed by atoms with E-state index in [-0.39, 0.29) is 12.3 Å². The molecule has 0 aromatic heterocycles. The summed E-state index contributed by atoms with van der Waals surface area (Å²) in [5, 5.41) is 5.56. The summed E-state index contributed by atoms with van der Waals surface area (Å²) in [6.45, 7) is 9.59. The van der Waals surface area contributed by atoms with Crippen molar-refractivity contribution in [1.29, 1.82) is 0 Å². The fraction of sp³-hybridized carbons (Fsp3) is 0.615. The number of ether oxygens (including phenoxy) is 2. The Bertz CT molecular complexity index is 881. The first kappa shape index (κ1) is 28.1. The van der Waals surface area contributed by atoms with Crippen LogP contribution in [0.5, 0.6) is 0 Å². The molecule has 194 valence electrons. The van der Waals surface area contributed by atoms with Crippen molar-refractivity contribution in [2.24, 2.45) is 5.92 Å². The first-order valence-electron chi connectivity index (χ1n) is 12.1. The number of rotatable bonds is 9. The second-order valence-electron chi connectivity index (χ2n) is 10.3. The van der Waals surface area contributed by atoms with Gasteiger partial charge >= 0.3 is 12.1 Å². The monoisotopic (exact) mass is 489 g/mol. The number of hydrogen-bond donors (Lipinski definition) is 2. The summed E-state index contributed by atoms with van der Waals surface area (Å²) in [5.41, 5.74) is 0.164. The first-order valence-corrected chi connectivity index (χ1v) is 12.1. The highest BCUT2D eigenvalue weighted by Gasteiger charge is 2.38. The van der Waals surface area contributed by atoms with Crippen molar-refractivity contribution in [2.45, 2.75) is 84.0 Å². The third-order valence-electron chi connectivity index (χ3n) is 5.61. The van der Waals surface area contributed by atoms with Crippen LogP contribution in [0.3, 0.4) is 0 Å². The summed E-state index contributed by atoms with van der Waals surface area (Å²) in [6, 6.07) is 6.79. The van der Waals surface area contributed by atoms with E-state index in [2.05, 4.69) is 10.6 Å². The van der Waals surface area contributed by atoms with E-state index in [1.165, 1.54) is 12.0 Å². The van der Waals surface area contributed by atoms with Crippen LogP contribution in [0.25, 0.3) is 0 Å². The lowest BCUT2D eigenvalue weighted by Crippen LogP contribution is -2.56. The summed E-state index contributed by atoms with van der Waals surface area (Å²) < 4.78 is 10.3. The molecule has 3 atom stereocenters. The molecule has 9 heteroatoms. The van der Waals surface area contributed by atoms with Crippen molar-refractivity contribution >= 4 is 23.9 Å². The van der Waals surface area contributed by atoms with Crippen LogP contribution in [0.2, 0.25) is 0 Å². The quantitative estimate of drug-likeness (QED) is 0.516. The molecule has 1 aromatic rings. The first-order chi connectivity index (χ1) is 16.4. The largest absolute Gasteiger partial charge is 0.467 e. The van der Waals surface area contributed by atoms with E-state index in [1.807, 2.05) is 44.2 Å². The van der Waals surface area contributed by atoms with Gasteiger partial charge in [-0.15, -0.1) is 0 Å². The van der Waals surface area contributed by atoms with Crippen molar-refractivity contribution in [2.75, 3.05) is 13.7 Å². The zero-order valence-corrected chi connectivity index (χ0v) is 21.6. The molecule has 3 amide bonds. The molecule has 1 heterocycles. The van der Waals surface area contributed by atoms with Crippen LogP contribution in [-0.4, -0.2) is 66.2 Å². The molecule has 1 fully saturated rings. The van der Waals surface area contributed by atoms with Crippen LogP contribution in [0, 0.1) is 5.92 Å². The van der Waals surface area contributed by atoms with E-state index in [0.717, 1.165) is 5.56 Å². The van der Waals surface area contributed by atoms with Crippen molar-refractivity contribution < 1.29 is 28.7 Å². The minimum absolute atomic E-state index is 0.141. The number of nitrogens with one attached hydrogen (secondary N) is 2. The Labute approximate surface area is 207 Å². The molecular formula is C26H39N3O6. The summed E-state index contributed by atoms with van der Waals surface area (Å²) >= 11 is 0. The fourth-order valence-electron chi connectivity index (χ4n) is 4.01. The van der Waals surface area contributed by atoms with Gasteiger partial charge in [0.15, 0.2) is 0 Å². The molecule has 1 aliphatic rings. The molecular weight excluding hydrogens is 450 g/mol. The Morgan fingerprint density at radius 2 is 1.71 bits per heavy atom. The molecule has 9 nitrogen and oxygen atoms in total. The number of carbonyl (C=O) groups excluding carboxylic acids is 4. The minimum Gasteiger partial charge on any atom is -0.467 e. The Morgan fingerprint density at radius 3 is 2.29 bits per heavy atom. The molecule has 2 N–H and O–H groups in total. The van der Waals surface area contributed by atoms with Crippen LogP contribution in [0.1, 0.15) is 59.4 Å². The van der Waals surface area contributed by atoms with Crippen LogP contribution in [-0.2, 0) is 30.3 Å². The van der Waals surface area contributed by atoms with E-state index >= 15 is 0 Å². The van der Waals surface area contributed by atoms with Gasteiger partial charge in [-0.1, -0.05) is 44.2 Å². The highest BCUT2D eigenvalue weighted by atomic mass is 16.6. The van der Waals surface area contributed by atoms with Gasteiger partial charge in [0.1, 0.15) is 23.7 Å². The van der Waals surface area contributed by atoms with Gasteiger partial charge in [-0.2, -0.15) is 0 Å². The molecule has 0 aliphatic carbocycles. The third-order valence-corrected chi connectivity index (χ3v) is 5.61. The normalized spacial score (nSPS) is 17.5. The topological polar surface area (TPSA) is 114 Å². The highest BCUT2D eigenvalue weighted by Crippen LogP contribution is 2.21. The van der Waals surface area contributed by atoms with Crippen LogP contribution >= 0.6 is 0 Å². The van der Waals surface area contributed by atoms with Gasteiger partial charge in [0.05, 0.1) is 7.11 Å². The molecule has 0 unspecified atom stereocenters. The predicted molar refractivity (Wildman–Crippen MR) is 131 cm³/mol. The lowest BCUT2D eigenvalue weighted by molar-refractivity contribution is -0.145. The maximum absolute atomic E-state index is 13.3. The van der Waals surface area contributed by atoms with Gasteiger partial charge in [0, 0.05) is 13.0 Å². The summed E-state index contributed by atoms with van der Waals surface area (Å²) in [7, 11) is 1.27. The second-order valence-corrected chi connectivity index (χ2v) is 10.3. The highest BCUT2D eigenvalue weighted by molar-refractivity contribution is 5.93. The van der Waals surface area contributed by atoms with Crippen LogP contribution < -0.4 is 10.6 Å². The van der Waals surface area contributed by atoms with Crippen molar-refractivity contribution in [3.05, 3.63) is 35.9 Å². The zero-order valence-electron chi connectivity index (χ0n) is 21.6. The van der Waals surface area contributed by atoms with Gasteiger partial charge in [0.25, 0.3) is 0 Å². The van der Waals surface area contributed by atoms with Crippen LogP contribution in [0.15, 0.2) is 30.3 Å². The SMILES string of the molecule is COC(=O)[C@H](CC(C)C)NC(=O)[C@H](Cc1ccccc1)NC(=O)[C@@H]1CCCN1C(=O)OC(C)(C)C. The molecule has 1 aromatic carbocycles. The van der Waals surface area contributed by atoms with Gasteiger partial charge in [-0.25, -0.2) is 9.59 Å². The molecule has 35 heavy (non-hydrogen) atoms. The van der Waals surface area contributed by atoms with Gasteiger partial charge in [-0.3, -0.25) is 14.5 Å². The third kappa shape index (κ3) is 8.88. The smallest absolute Gasteiger partial charge is 0.410 e. The Kier molecular flexibility index (Phi) is 10.1. The Morgan fingerprint density at radius 1 is 1.06 bits per heavy atom. The maximum atomic E-state index is 13.3. The number of nitrogens with zero attached hydrogens (tertiary/aromatic N) is 1. The van der Waals surface area contributed by atoms with E-state index in [0.29, 0.717) is 25.8 Å². The molecule has 0 spiro atoms. The van der Waals surface area contributed by atoms with Gasteiger partial charge < -0.3 is 20.1 Å².